The van der Waals surface area contributed by atoms with Crippen molar-refractivity contribution in [2.45, 2.75) is 45.6 Å². The normalized spacial score (nSPS) is 26.2. The minimum atomic E-state index is -3.78. The molecule has 0 bridgehead atoms. The molecule has 3 heterocycles. The summed E-state index contributed by atoms with van der Waals surface area (Å²) < 4.78 is 49.5. The number of aryl methyl sites for hydroxylation is 2. The van der Waals surface area contributed by atoms with Crippen LogP contribution in [-0.4, -0.2) is 22.3 Å². The first-order valence-electron chi connectivity index (χ1n) is 9.09. The Labute approximate surface area is 171 Å². The number of aromatic nitrogens is 2. The van der Waals surface area contributed by atoms with E-state index in [0.29, 0.717) is 18.6 Å². The van der Waals surface area contributed by atoms with E-state index >= 15 is 0 Å². The second-order valence-corrected chi connectivity index (χ2v) is 9.11. The quantitative estimate of drug-likeness (QED) is 0.564. The third kappa shape index (κ3) is 4.22. The molecule has 29 heavy (non-hydrogen) atoms. The zero-order valence-corrected chi connectivity index (χ0v) is 17.6. The molecule has 0 spiro atoms. The van der Waals surface area contributed by atoms with Crippen molar-refractivity contribution < 1.29 is 27.3 Å². The summed E-state index contributed by atoms with van der Waals surface area (Å²) in [5.74, 6) is -0.197. The molecule has 1 N–H and O–H groups in total. The van der Waals surface area contributed by atoms with Crippen molar-refractivity contribution in [3.63, 3.8) is 0 Å². The molecule has 4 rings (SSSR count). The van der Waals surface area contributed by atoms with Crippen LogP contribution in [0.2, 0.25) is 0 Å². The minimum absolute atomic E-state index is 0.0475. The predicted octanol–water partition coefficient (Wildman–Crippen LogP) is 4.07. The molecule has 156 valence electrons. The van der Waals surface area contributed by atoms with Crippen molar-refractivity contribution in [3.05, 3.63) is 56.0 Å². The lowest BCUT2D eigenvalue weighted by atomic mass is 10.1. The molecular weight excluding hydrogens is 422 g/mol. The maximum atomic E-state index is 13.7. The molecule has 1 saturated heterocycles. The highest BCUT2D eigenvalue weighted by Crippen LogP contribution is 2.55. The number of H-pyrrole nitrogens is 1. The van der Waals surface area contributed by atoms with Gasteiger partial charge in [-0.2, -0.15) is 0 Å². The smallest absolute Gasteiger partial charge is 0.403 e. The van der Waals surface area contributed by atoms with E-state index in [2.05, 4.69) is 4.98 Å². The molecule has 2 aliphatic heterocycles. The van der Waals surface area contributed by atoms with Crippen molar-refractivity contribution >= 4 is 20.0 Å². The molecule has 1 aromatic carbocycles. The van der Waals surface area contributed by atoms with E-state index in [4.69, 9.17) is 30.5 Å². The van der Waals surface area contributed by atoms with Crippen LogP contribution >= 0.6 is 20.0 Å². The summed E-state index contributed by atoms with van der Waals surface area (Å²) in [4.78, 5) is 14.3. The van der Waals surface area contributed by atoms with Gasteiger partial charge in [0.05, 0.1) is 25.5 Å². The Balaban J connectivity index is 1.40. The van der Waals surface area contributed by atoms with Gasteiger partial charge in [-0.3, -0.25) is 18.6 Å². The molecule has 0 radical (unpaired) electrons. The van der Waals surface area contributed by atoms with E-state index in [1.165, 1.54) is 0 Å². The summed E-state index contributed by atoms with van der Waals surface area (Å²) in [6.45, 7) is 3.91. The molecule has 3 atom stereocenters. The molecule has 0 aliphatic carbocycles. The lowest BCUT2D eigenvalue weighted by molar-refractivity contribution is -0.0268. The van der Waals surface area contributed by atoms with Crippen LogP contribution in [0.15, 0.2) is 23.1 Å². The lowest BCUT2D eigenvalue weighted by Crippen LogP contribution is -2.28. The molecule has 1 fully saturated rings. The highest BCUT2D eigenvalue weighted by atomic mass is 32.1. The number of halogens is 1. The van der Waals surface area contributed by atoms with Crippen molar-refractivity contribution in [1.29, 1.82) is 0 Å². The van der Waals surface area contributed by atoms with E-state index in [1.54, 1.807) is 0 Å². The zero-order valence-electron chi connectivity index (χ0n) is 15.8. The topological polar surface area (TPSA) is 91.8 Å². The Kier molecular flexibility index (Phi) is 5.48. The van der Waals surface area contributed by atoms with Crippen LogP contribution in [0.4, 0.5) is 4.39 Å². The van der Waals surface area contributed by atoms with Crippen molar-refractivity contribution in [1.82, 2.24) is 9.55 Å². The van der Waals surface area contributed by atoms with Gasteiger partial charge in [0, 0.05) is 5.56 Å². The lowest BCUT2D eigenvalue weighted by Gasteiger charge is -2.27. The van der Waals surface area contributed by atoms with Gasteiger partial charge in [0.2, 0.25) is 0 Å². The van der Waals surface area contributed by atoms with Gasteiger partial charge in [-0.25, -0.2) is 13.8 Å². The first kappa shape index (κ1) is 20.4. The van der Waals surface area contributed by atoms with Crippen LogP contribution in [-0.2, 0) is 25.0 Å². The van der Waals surface area contributed by atoms with E-state index in [0.717, 1.165) is 27.5 Å². The van der Waals surface area contributed by atoms with Crippen molar-refractivity contribution in [2.24, 2.45) is 0 Å². The SMILES string of the molecule is Cc1cc(C)c2c(c1)COP(=O)(OCC1CCC(n3cc(F)c(=S)[nH]c3=O)O1)O2. The van der Waals surface area contributed by atoms with Gasteiger partial charge in [0.15, 0.2) is 5.82 Å². The zero-order chi connectivity index (χ0) is 20.8. The molecule has 0 saturated carbocycles. The van der Waals surface area contributed by atoms with Crippen LogP contribution in [0, 0.1) is 24.3 Å². The largest absolute Gasteiger partial charge is 0.530 e. The van der Waals surface area contributed by atoms with Gasteiger partial charge in [-0.1, -0.05) is 29.9 Å². The van der Waals surface area contributed by atoms with E-state index in [1.807, 2.05) is 26.0 Å². The van der Waals surface area contributed by atoms with Crippen LogP contribution in [0.3, 0.4) is 0 Å². The Morgan fingerprint density at radius 2 is 2.17 bits per heavy atom. The molecule has 1 aromatic heterocycles. The number of hydrogen-bond donors (Lipinski definition) is 1. The van der Waals surface area contributed by atoms with Crippen LogP contribution in [0.1, 0.15) is 35.8 Å². The molecular formula is C18H20FN2O6PS. The monoisotopic (exact) mass is 442 g/mol. The van der Waals surface area contributed by atoms with Gasteiger partial charge in [0.25, 0.3) is 0 Å². The summed E-state index contributed by atoms with van der Waals surface area (Å²) in [6.07, 6.45) is 0.898. The number of nitrogens with zero attached hydrogens (tertiary/aromatic N) is 1. The van der Waals surface area contributed by atoms with Crippen LogP contribution in [0.5, 0.6) is 5.75 Å². The summed E-state index contributed by atoms with van der Waals surface area (Å²) in [7, 11) is -3.78. The number of hydrogen-bond acceptors (Lipinski definition) is 7. The van der Waals surface area contributed by atoms with Gasteiger partial charge in [-0.05, 0) is 32.3 Å². The molecule has 2 aromatic rings. The minimum Gasteiger partial charge on any atom is -0.403 e. The van der Waals surface area contributed by atoms with Gasteiger partial charge < -0.3 is 9.26 Å². The Morgan fingerprint density at radius 3 is 2.97 bits per heavy atom. The summed E-state index contributed by atoms with van der Waals surface area (Å²) in [5.41, 5.74) is 2.17. The van der Waals surface area contributed by atoms with Crippen LogP contribution in [0.25, 0.3) is 0 Å². The molecule has 11 heteroatoms. The predicted molar refractivity (Wildman–Crippen MR) is 104 cm³/mol. The van der Waals surface area contributed by atoms with Crippen molar-refractivity contribution in [3.8, 4) is 5.75 Å². The van der Waals surface area contributed by atoms with Gasteiger partial charge in [-0.15, -0.1) is 0 Å². The van der Waals surface area contributed by atoms with Crippen LogP contribution < -0.4 is 10.2 Å². The number of ether oxygens (including phenoxy) is 1. The standard InChI is InChI=1S/C18H20FN2O6PS/c1-10-5-11(2)16-12(6-10)8-24-28(23,27-16)25-9-13-3-4-15(26-13)21-7-14(19)17(29)20-18(21)22/h5-7,13,15H,3-4,8-9H2,1-2H3,(H,20,22,29). The first-order chi connectivity index (χ1) is 13.7. The van der Waals surface area contributed by atoms with Gasteiger partial charge >= 0.3 is 13.5 Å². The van der Waals surface area contributed by atoms with Crippen molar-refractivity contribution in [2.75, 3.05) is 6.61 Å². The Bertz CT molecular complexity index is 1120. The fourth-order valence-electron chi connectivity index (χ4n) is 3.49. The fourth-order valence-corrected chi connectivity index (χ4v) is 4.94. The summed E-state index contributed by atoms with van der Waals surface area (Å²) in [6, 6.07) is 3.85. The second kappa shape index (κ2) is 7.77. The fraction of sp³-hybridized carbons (Fsp3) is 0.444. The highest BCUT2D eigenvalue weighted by molar-refractivity contribution is 7.71. The number of benzene rings is 1. The number of phosphoric ester groups is 1. The molecule has 3 unspecified atom stereocenters. The van der Waals surface area contributed by atoms with E-state index in [-0.39, 0.29) is 17.9 Å². The first-order valence-corrected chi connectivity index (χ1v) is 11.0. The Hall–Kier alpha value is -1.84. The van der Waals surface area contributed by atoms with E-state index < -0.39 is 31.7 Å². The third-order valence-corrected chi connectivity index (χ3v) is 6.43. The second-order valence-electron chi connectivity index (χ2n) is 7.11. The van der Waals surface area contributed by atoms with Gasteiger partial charge in [0.1, 0.15) is 16.6 Å². The maximum absolute atomic E-state index is 13.7. The number of aromatic amines is 1. The number of phosphoric acid groups is 1. The average Bonchev–Trinajstić information content (AvgIpc) is 3.13. The summed E-state index contributed by atoms with van der Waals surface area (Å²) in [5, 5.41) is 0. The number of fused-ring (bicyclic) bond motifs is 1. The average molecular weight is 442 g/mol. The third-order valence-electron chi connectivity index (χ3n) is 4.82. The number of rotatable bonds is 4. The molecule has 0 amide bonds. The highest BCUT2D eigenvalue weighted by Gasteiger charge is 2.37. The Morgan fingerprint density at radius 1 is 1.38 bits per heavy atom. The van der Waals surface area contributed by atoms with E-state index in [9.17, 15) is 13.8 Å². The molecule has 8 nitrogen and oxygen atoms in total. The number of nitrogens with one attached hydrogen (secondary N) is 1. The summed E-state index contributed by atoms with van der Waals surface area (Å²) >= 11 is 4.71. The molecule has 2 aliphatic rings. The maximum Gasteiger partial charge on any atom is 0.530 e.